The van der Waals surface area contributed by atoms with Crippen LogP contribution in [-0.2, 0) is 13.1 Å². The minimum atomic E-state index is -0.362. The molecule has 0 saturated heterocycles. The maximum Gasteiger partial charge on any atom is 0.292 e. The molecule has 0 bridgehead atoms. The molecule has 1 atom stereocenters. The van der Waals surface area contributed by atoms with E-state index in [4.69, 9.17) is 14.4 Å². The van der Waals surface area contributed by atoms with Gasteiger partial charge in [0, 0.05) is 18.5 Å². The van der Waals surface area contributed by atoms with E-state index in [1.165, 1.54) is 12.6 Å². The van der Waals surface area contributed by atoms with E-state index in [1.807, 2.05) is 16.8 Å². The van der Waals surface area contributed by atoms with Crippen molar-refractivity contribution >= 4 is 5.91 Å². The zero-order valence-electron chi connectivity index (χ0n) is 14.6. The number of nitrogens with zero attached hydrogens (tertiary/aromatic N) is 6. The first-order chi connectivity index (χ1) is 13.1. The van der Waals surface area contributed by atoms with E-state index in [0.717, 1.165) is 5.69 Å². The van der Waals surface area contributed by atoms with Crippen molar-refractivity contribution in [3.63, 3.8) is 0 Å². The molecule has 0 unspecified atom stereocenters. The quantitative estimate of drug-likeness (QED) is 0.693. The summed E-state index contributed by atoms with van der Waals surface area (Å²) in [7, 11) is 0. The standard InChI is InChI=1S/C18H16N6O3/c1-12-17(26-11-21-12)18(25)23-8-14-4-5-22-24(14)10-15(9-23)27-16-3-2-13(6-19)7-20-16/h2-5,7,11,15H,8-10H2,1H3/t15-/m1/s1. The predicted octanol–water partition coefficient (Wildman–Crippen LogP) is 1.55. The van der Waals surface area contributed by atoms with Crippen LogP contribution in [0.25, 0.3) is 0 Å². The van der Waals surface area contributed by atoms with Crippen LogP contribution in [0.2, 0.25) is 0 Å². The fraction of sp³-hybridized carbons (Fsp3) is 0.278. The number of carbonyl (C=O) groups is 1. The Morgan fingerprint density at radius 1 is 1.33 bits per heavy atom. The number of rotatable bonds is 3. The average Bonchev–Trinajstić information content (AvgIpc) is 3.26. The van der Waals surface area contributed by atoms with Crippen molar-refractivity contribution in [3.8, 4) is 11.9 Å². The number of nitriles is 1. The van der Waals surface area contributed by atoms with Gasteiger partial charge in [0.1, 0.15) is 12.2 Å². The molecule has 1 aliphatic heterocycles. The zero-order valence-corrected chi connectivity index (χ0v) is 14.6. The van der Waals surface area contributed by atoms with Crippen molar-refractivity contribution in [2.75, 3.05) is 6.54 Å². The smallest absolute Gasteiger partial charge is 0.292 e. The van der Waals surface area contributed by atoms with Gasteiger partial charge in [0.2, 0.25) is 11.6 Å². The summed E-state index contributed by atoms with van der Waals surface area (Å²) in [5.41, 5.74) is 1.90. The Hall–Kier alpha value is -3.67. The van der Waals surface area contributed by atoms with Gasteiger partial charge in [-0.1, -0.05) is 0 Å². The Bertz CT molecular complexity index is 1000. The van der Waals surface area contributed by atoms with Gasteiger partial charge >= 0.3 is 0 Å². The van der Waals surface area contributed by atoms with Gasteiger partial charge in [0.15, 0.2) is 6.39 Å². The third-order valence-electron chi connectivity index (χ3n) is 4.34. The number of fused-ring (bicyclic) bond motifs is 1. The van der Waals surface area contributed by atoms with Gasteiger partial charge in [-0.2, -0.15) is 10.4 Å². The molecule has 27 heavy (non-hydrogen) atoms. The maximum absolute atomic E-state index is 12.9. The van der Waals surface area contributed by atoms with Gasteiger partial charge in [-0.25, -0.2) is 9.97 Å². The molecule has 4 heterocycles. The summed E-state index contributed by atoms with van der Waals surface area (Å²) in [6.07, 6.45) is 4.05. The van der Waals surface area contributed by atoms with Crippen molar-refractivity contribution in [2.24, 2.45) is 0 Å². The van der Waals surface area contributed by atoms with E-state index in [2.05, 4.69) is 15.1 Å². The topological polar surface area (TPSA) is 110 Å². The van der Waals surface area contributed by atoms with Crippen LogP contribution in [0.15, 0.2) is 41.4 Å². The molecule has 9 nitrogen and oxygen atoms in total. The van der Waals surface area contributed by atoms with Crippen molar-refractivity contribution in [3.05, 3.63) is 59.7 Å². The van der Waals surface area contributed by atoms with Gasteiger partial charge < -0.3 is 14.1 Å². The molecule has 0 saturated carbocycles. The van der Waals surface area contributed by atoms with E-state index >= 15 is 0 Å². The number of oxazole rings is 1. The van der Waals surface area contributed by atoms with E-state index in [1.54, 1.807) is 30.2 Å². The summed E-state index contributed by atoms with van der Waals surface area (Å²) in [6, 6.07) is 7.17. The third-order valence-corrected chi connectivity index (χ3v) is 4.34. The number of carbonyl (C=O) groups excluding carboxylic acids is 1. The SMILES string of the molecule is Cc1ncoc1C(=O)N1Cc2ccnn2C[C@H](Oc2ccc(C#N)cn2)C1. The van der Waals surface area contributed by atoms with Crippen molar-refractivity contribution < 1.29 is 13.9 Å². The first kappa shape index (κ1) is 16.8. The molecule has 136 valence electrons. The van der Waals surface area contributed by atoms with E-state index in [0.29, 0.717) is 36.8 Å². The Kier molecular flexibility index (Phi) is 4.30. The van der Waals surface area contributed by atoms with Crippen LogP contribution in [-0.4, -0.2) is 43.2 Å². The highest BCUT2D eigenvalue weighted by Crippen LogP contribution is 2.19. The van der Waals surface area contributed by atoms with E-state index in [9.17, 15) is 4.79 Å². The van der Waals surface area contributed by atoms with Crippen molar-refractivity contribution in [1.82, 2.24) is 24.6 Å². The molecule has 1 amide bonds. The number of aromatic nitrogens is 4. The van der Waals surface area contributed by atoms with Crippen LogP contribution < -0.4 is 4.74 Å². The fourth-order valence-corrected chi connectivity index (χ4v) is 2.98. The lowest BCUT2D eigenvalue weighted by atomic mass is 10.2. The predicted molar refractivity (Wildman–Crippen MR) is 91.6 cm³/mol. The minimum absolute atomic E-state index is 0.221. The van der Waals surface area contributed by atoms with E-state index in [-0.39, 0.29) is 17.8 Å². The molecular formula is C18H16N6O3. The normalized spacial score (nSPS) is 16.3. The molecule has 4 rings (SSSR count). The first-order valence-electron chi connectivity index (χ1n) is 8.37. The number of hydrogen-bond acceptors (Lipinski definition) is 7. The number of aryl methyl sites for hydroxylation is 1. The first-order valence-corrected chi connectivity index (χ1v) is 8.37. The van der Waals surface area contributed by atoms with Crippen LogP contribution in [0.3, 0.4) is 0 Å². The molecule has 0 radical (unpaired) electrons. The lowest BCUT2D eigenvalue weighted by molar-refractivity contribution is 0.0613. The molecule has 3 aromatic rings. The highest BCUT2D eigenvalue weighted by atomic mass is 16.5. The second kappa shape index (κ2) is 6.92. The van der Waals surface area contributed by atoms with E-state index < -0.39 is 0 Å². The van der Waals surface area contributed by atoms with Gasteiger partial charge in [-0.05, 0) is 19.1 Å². The molecule has 3 aromatic heterocycles. The van der Waals surface area contributed by atoms with Gasteiger partial charge in [0.25, 0.3) is 5.91 Å². The minimum Gasteiger partial charge on any atom is -0.470 e. The number of pyridine rings is 1. The van der Waals surface area contributed by atoms with Gasteiger partial charge in [-0.3, -0.25) is 9.48 Å². The van der Waals surface area contributed by atoms with Crippen LogP contribution in [0.5, 0.6) is 5.88 Å². The summed E-state index contributed by atoms with van der Waals surface area (Å²) in [4.78, 5) is 22.7. The molecule has 0 aliphatic carbocycles. The third kappa shape index (κ3) is 3.37. The molecule has 0 fully saturated rings. The molecule has 0 spiro atoms. The molecule has 1 aliphatic rings. The number of amides is 1. The number of ether oxygens (including phenoxy) is 1. The fourth-order valence-electron chi connectivity index (χ4n) is 2.98. The van der Waals surface area contributed by atoms with Crippen LogP contribution in [0, 0.1) is 18.3 Å². The second-order valence-corrected chi connectivity index (χ2v) is 6.19. The zero-order chi connectivity index (χ0) is 18.8. The highest BCUT2D eigenvalue weighted by Gasteiger charge is 2.30. The Morgan fingerprint density at radius 3 is 2.93 bits per heavy atom. The van der Waals surface area contributed by atoms with Crippen molar-refractivity contribution in [2.45, 2.75) is 26.1 Å². The summed E-state index contributed by atoms with van der Waals surface area (Å²) in [5.74, 6) is 0.358. The average molecular weight is 364 g/mol. The lowest BCUT2D eigenvalue weighted by Crippen LogP contribution is -2.39. The maximum atomic E-state index is 12.9. The second-order valence-electron chi connectivity index (χ2n) is 6.19. The molecular weight excluding hydrogens is 348 g/mol. The Balaban J connectivity index is 1.59. The largest absolute Gasteiger partial charge is 0.470 e. The summed E-state index contributed by atoms with van der Waals surface area (Å²) in [5, 5.41) is 13.2. The summed E-state index contributed by atoms with van der Waals surface area (Å²) in [6.45, 7) is 2.93. The molecule has 0 aromatic carbocycles. The lowest BCUT2D eigenvalue weighted by Gasteiger charge is -2.23. The van der Waals surface area contributed by atoms with Crippen LogP contribution in [0.1, 0.15) is 27.5 Å². The Labute approximate surface area is 154 Å². The van der Waals surface area contributed by atoms with Gasteiger partial charge in [0.05, 0.1) is 36.6 Å². The van der Waals surface area contributed by atoms with Crippen LogP contribution >= 0.6 is 0 Å². The highest BCUT2D eigenvalue weighted by molar-refractivity contribution is 5.92. The monoisotopic (exact) mass is 364 g/mol. The summed E-state index contributed by atoms with van der Waals surface area (Å²) >= 11 is 0. The van der Waals surface area contributed by atoms with Crippen molar-refractivity contribution in [1.29, 1.82) is 5.26 Å². The van der Waals surface area contributed by atoms with Gasteiger partial charge in [-0.15, -0.1) is 0 Å². The number of hydrogen-bond donors (Lipinski definition) is 0. The Morgan fingerprint density at radius 2 is 2.22 bits per heavy atom. The van der Waals surface area contributed by atoms with Crippen LogP contribution in [0.4, 0.5) is 0 Å². The molecule has 0 N–H and O–H groups in total. The molecule has 9 heteroatoms. The summed E-state index contributed by atoms with van der Waals surface area (Å²) < 4.78 is 13.0.